The molecule has 2 nitrogen and oxygen atoms in total. The van der Waals surface area contributed by atoms with Crippen LogP contribution in [0, 0.1) is 0 Å². The molecule has 0 aliphatic heterocycles. The Balaban J connectivity index is 0. The monoisotopic (exact) mass is 96.0 g/mol. The Bertz CT molecular complexity index is 6.00. The van der Waals surface area contributed by atoms with Crippen LogP contribution in [-0.2, 0) is 5.48 Å². The minimum absolute atomic E-state index is 0. The molecule has 0 aromatic carbocycles. The van der Waals surface area contributed by atoms with Gasteiger partial charge in [0.2, 0.25) is 0 Å². The second-order valence-electron chi connectivity index (χ2n) is 0. The van der Waals surface area contributed by atoms with Gasteiger partial charge in [0.05, 0.1) is 0 Å². The van der Waals surface area contributed by atoms with Crippen molar-refractivity contribution in [2.45, 2.75) is 0 Å². The Morgan fingerprint density at radius 2 is 1.00 bits per heavy atom. The van der Waals surface area contributed by atoms with Crippen LogP contribution >= 0.6 is 0 Å². The largest absolute Gasteiger partial charge is 2.00 e. The van der Waals surface area contributed by atoms with E-state index in [4.69, 9.17) is 0 Å². The van der Waals surface area contributed by atoms with E-state index < -0.39 is 0 Å². The minimum atomic E-state index is 0. The van der Waals surface area contributed by atoms with Gasteiger partial charge in [0.1, 0.15) is 0 Å². The third-order valence-electron chi connectivity index (χ3n) is 0. The smallest absolute Gasteiger partial charge is 1.00 e. The fraction of sp³-hybridized carbons (Fsp3) is 0. The van der Waals surface area contributed by atoms with Gasteiger partial charge in [-0.15, -0.1) is 0 Å². The molecule has 0 fully saturated rings. The first kappa shape index (κ1) is 31.0. The van der Waals surface area contributed by atoms with Crippen LogP contribution in [0.25, 0.3) is 0 Å². The van der Waals surface area contributed by atoms with Crippen molar-refractivity contribution in [2.24, 2.45) is 0 Å². The van der Waals surface area contributed by atoms with E-state index in [0.29, 0.717) is 0 Å². The third kappa shape index (κ3) is 8.82. The second kappa shape index (κ2) is 17.7. The van der Waals surface area contributed by atoms with E-state index in [2.05, 4.69) is 0 Å². The summed E-state index contributed by atoms with van der Waals surface area (Å²) in [6, 6.07) is 0. The maximum Gasteiger partial charge on any atom is 1.00 e. The summed E-state index contributed by atoms with van der Waals surface area (Å²) in [5.74, 6) is 0. The van der Waals surface area contributed by atoms with E-state index in [1.165, 1.54) is 0 Å². The Morgan fingerprint density at radius 1 is 1.00 bits per heavy atom. The summed E-state index contributed by atoms with van der Waals surface area (Å²) in [5, 5.41) is 0. The number of hydrogen-bond acceptors (Lipinski definition) is 0. The zero-order valence-electron chi connectivity index (χ0n) is 2.91. The van der Waals surface area contributed by atoms with Crippen molar-refractivity contribution in [3.05, 3.63) is 0 Å². The van der Waals surface area contributed by atoms with Crippen LogP contribution in [0.5, 0.6) is 0 Å². The van der Waals surface area contributed by atoms with Crippen LogP contribution in [0.2, 0.25) is 0 Å². The molecule has 16 valence electrons. The van der Waals surface area contributed by atoms with Gasteiger partial charge < -0.3 is 11.0 Å². The number of hydrogen-bond donors (Lipinski definition) is 0. The molecule has 0 bridgehead atoms. The molecule has 0 rings (SSSR count). The van der Waals surface area contributed by atoms with E-state index >= 15 is 0 Å². The first-order valence-corrected chi connectivity index (χ1v) is 0. The molecule has 0 aliphatic rings. The molecule has 4 heavy (non-hydrogen) atoms. The summed E-state index contributed by atoms with van der Waals surface area (Å²) in [4.78, 5) is 0. The van der Waals surface area contributed by atoms with Crippen molar-refractivity contribution >= 4 is 0 Å². The van der Waals surface area contributed by atoms with Gasteiger partial charge in [-0.2, -0.15) is 0 Å². The molecule has 0 aliphatic carbocycles. The van der Waals surface area contributed by atoms with Crippen molar-refractivity contribution in [3.63, 3.8) is 0 Å². The molecule has 2 N–H and O–H groups in total. The second-order valence-corrected chi connectivity index (χ2v) is 0. The van der Waals surface area contributed by atoms with Crippen LogP contribution in [0.1, 0.15) is 0 Å². The van der Waals surface area contributed by atoms with Gasteiger partial charge >= 0.3 is 80.9 Å². The summed E-state index contributed by atoms with van der Waals surface area (Å²) >= 11 is 0. The molecule has 0 amide bonds. The van der Waals surface area contributed by atoms with Crippen LogP contribution in [0.4, 0.5) is 0 Å². The first-order valence-electron chi connectivity index (χ1n) is 0. The van der Waals surface area contributed by atoms with Crippen LogP contribution < -0.4 is 80.9 Å². The van der Waals surface area contributed by atoms with Gasteiger partial charge in [0.25, 0.3) is 0 Å². The summed E-state index contributed by atoms with van der Waals surface area (Å²) in [6.45, 7) is 0. The minimum Gasteiger partial charge on any atom is -2.00 e. The molecule has 0 aromatic rings. The Morgan fingerprint density at radius 3 is 1.00 bits per heavy atom. The Hall–Kier alpha value is 2.56. The van der Waals surface area contributed by atoms with Gasteiger partial charge in [0.15, 0.2) is 0 Å². The van der Waals surface area contributed by atoms with Gasteiger partial charge in [-0.05, 0) is 0 Å². The van der Waals surface area contributed by atoms with E-state index in [0.717, 1.165) is 0 Å². The number of rotatable bonds is 0. The van der Waals surface area contributed by atoms with Crippen LogP contribution in [0.3, 0.4) is 0 Å². The Labute approximate surface area is 89.7 Å². The summed E-state index contributed by atoms with van der Waals surface area (Å²) in [5.41, 5.74) is 0. The van der Waals surface area contributed by atoms with Gasteiger partial charge in [-0.3, -0.25) is 0 Å². The topological polar surface area (TPSA) is 60.0 Å². The summed E-state index contributed by atoms with van der Waals surface area (Å²) < 4.78 is 0. The zero-order chi connectivity index (χ0) is 0. The molecule has 0 heterocycles. The van der Waals surface area contributed by atoms with Gasteiger partial charge in [-0.1, -0.05) is 0 Å². The maximum absolute atomic E-state index is 0. The molecule has 0 saturated carbocycles. The average molecular weight is 96.1 g/mol. The van der Waals surface area contributed by atoms with E-state index in [1.807, 2.05) is 0 Å². The first-order chi connectivity index (χ1) is 0. The predicted octanol–water partition coefficient (Wildman–Crippen LogP) is -6.94. The molecule has 0 radical (unpaired) electrons. The van der Waals surface area contributed by atoms with E-state index in [1.54, 1.807) is 0 Å². The SMILES string of the molecule is O.[K+].[Na+].[O-2]. The van der Waals surface area contributed by atoms with Crippen molar-refractivity contribution < 1.29 is 91.9 Å². The molecule has 0 spiro atoms. The normalized spacial score (nSPS) is 0. The Kier molecular flexibility index (Phi) is 137. The summed E-state index contributed by atoms with van der Waals surface area (Å²) in [7, 11) is 0. The summed E-state index contributed by atoms with van der Waals surface area (Å²) in [6.07, 6.45) is 0. The molecular weight excluding hydrogens is 94.1 g/mol. The van der Waals surface area contributed by atoms with Crippen molar-refractivity contribution in [1.82, 2.24) is 0 Å². The fourth-order valence-electron chi connectivity index (χ4n) is 0. The van der Waals surface area contributed by atoms with Crippen molar-refractivity contribution in [1.29, 1.82) is 0 Å². The third-order valence-corrected chi connectivity index (χ3v) is 0. The van der Waals surface area contributed by atoms with Crippen molar-refractivity contribution in [2.75, 3.05) is 0 Å². The van der Waals surface area contributed by atoms with Gasteiger partial charge in [-0.25, -0.2) is 0 Å². The molecule has 0 unspecified atom stereocenters. The standard InChI is InChI=1S/K.Na.H2O.O/h;;1H2;/q2*+1;;-2. The molecule has 0 aromatic heterocycles. The fourth-order valence-corrected chi connectivity index (χ4v) is 0. The predicted molar refractivity (Wildman–Crippen MR) is 4.30 cm³/mol. The quantitative estimate of drug-likeness (QED) is 0.269. The molecule has 0 saturated heterocycles. The zero-order valence-corrected chi connectivity index (χ0v) is 8.03. The average Bonchev–Trinajstić information content (AvgIpc) is 0. The van der Waals surface area contributed by atoms with Crippen molar-refractivity contribution in [3.8, 4) is 0 Å². The molecular formula is H2KNaO2. The van der Waals surface area contributed by atoms with Gasteiger partial charge in [0, 0.05) is 0 Å². The van der Waals surface area contributed by atoms with E-state index in [9.17, 15) is 0 Å². The van der Waals surface area contributed by atoms with Crippen LogP contribution in [-0.4, -0.2) is 5.48 Å². The van der Waals surface area contributed by atoms with Crippen LogP contribution in [0.15, 0.2) is 0 Å². The molecule has 4 heteroatoms. The molecule has 0 atom stereocenters. The maximum atomic E-state index is 0. The van der Waals surface area contributed by atoms with E-state index in [-0.39, 0.29) is 91.9 Å².